The first-order valence-corrected chi connectivity index (χ1v) is 6.44. The van der Waals surface area contributed by atoms with Crippen molar-refractivity contribution in [2.45, 2.75) is 32.4 Å². The number of hydrogen-bond donors (Lipinski definition) is 2. The molecule has 0 bridgehead atoms. The van der Waals surface area contributed by atoms with Gasteiger partial charge in [-0.05, 0) is 25.8 Å². The summed E-state index contributed by atoms with van der Waals surface area (Å²) in [5, 5.41) is 3.02. The molecule has 1 aliphatic heterocycles. The Labute approximate surface area is 108 Å². The van der Waals surface area contributed by atoms with E-state index in [1.165, 1.54) is 11.1 Å². The first-order valence-electron chi connectivity index (χ1n) is 6.44. The van der Waals surface area contributed by atoms with E-state index in [0.29, 0.717) is 0 Å². The highest BCUT2D eigenvalue weighted by molar-refractivity contribution is 5.77. The van der Waals surface area contributed by atoms with E-state index in [0.717, 1.165) is 19.5 Å². The van der Waals surface area contributed by atoms with Crippen LogP contribution in [0.2, 0.25) is 0 Å². The molecule has 4 heteroatoms. The molecular formula is C14H21N3O. The molecule has 2 rings (SSSR count). The number of nitrogens with zero attached hydrogens (tertiary/aromatic N) is 1. The van der Waals surface area contributed by atoms with Crippen LogP contribution in [0.25, 0.3) is 0 Å². The molecule has 1 saturated heterocycles. The standard InChI is InChI=1S/C14H21N3O/c1-10-4-3-5-12(8-10)13-9-17(14(18)16-13)7-6-11(2)15/h3-5,8,11,13H,6-7,9,15H2,1-2H3,(H,16,18). The van der Waals surface area contributed by atoms with Crippen LogP contribution >= 0.6 is 0 Å². The molecule has 0 spiro atoms. The van der Waals surface area contributed by atoms with E-state index in [-0.39, 0.29) is 18.1 Å². The first kappa shape index (κ1) is 12.9. The summed E-state index contributed by atoms with van der Waals surface area (Å²) in [6.07, 6.45) is 0.841. The molecular weight excluding hydrogens is 226 g/mol. The van der Waals surface area contributed by atoms with Gasteiger partial charge in [0, 0.05) is 19.1 Å². The Hall–Kier alpha value is -1.55. The van der Waals surface area contributed by atoms with E-state index in [2.05, 4.69) is 30.4 Å². The van der Waals surface area contributed by atoms with Gasteiger partial charge in [-0.15, -0.1) is 0 Å². The molecule has 1 aromatic rings. The molecule has 0 saturated carbocycles. The average Bonchev–Trinajstić information content (AvgIpc) is 2.68. The Morgan fingerprint density at radius 2 is 2.33 bits per heavy atom. The van der Waals surface area contributed by atoms with E-state index < -0.39 is 0 Å². The lowest BCUT2D eigenvalue weighted by molar-refractivity contribution is 0.216. The summed E-state index contributed by atoms with van der Waals surface area (Å²) in [7, 11) is 0. The summed E-state index contributed by atoms with van der Waals surface area (Å²) < 4.78 is 0. The van der Waals surface area contributed by atoms with Crippen molar-refractivity contribution in [2.75, 3.05) is 13.1 Å². The van der Waals surface area contributed by atoms with Gasteiger partial charge in [-0.1, -0.05) is 29.8 Å². The molecule has 1 aliphatic rings. The van der Waals surface area contributed by atoms with Crippen LogP contribution in [0.1, 0.15) is 30.5 Å². The minimum absolute atomic E-state index is 0.0159. The lowest BCUT2D eigenvalue weighted by Crippen LogP contribution is -2.32. The molecule has 4 nitrogen and oxygen atoms in total. The van der Waals surface area contributed by atoms with Gasteiger partial charge in [0.05, 0.1) is 6.04 Å². The SMILES string of the molecule is Cc1cccc(C2CN(CCC(C)N)C(=O)N2)c1. The normalized spacial score (nSPS) is 20.9. The quantitative estimate of drug-likeness (QED) is 0.852. The number of hydrogen-bond acceptors (Lipinski definition) is 2. The number of nitrogens with one attached hydrogen (secondary N) is 1. The van der Waals surface area contributed by atoms with Crippen molar-refractivity contribution in [2.24, 2.45) is 5.73 Å². The maximum atomic E-state index is 11.8. The second-order valence-corrected chi connectivity index (χ2v) is 5.13. The molecule has 2 atom stereocenters. The summed E-state index contributed by atoms with van der Waals surface area (Å²) in [4.78, 5) is 13.7. The van der Waals surface area contributed by atoms with Crippen molar-refractivity contribution in [1.82, 2.24) is 10.2 Å². The number of benzene rings is 1. The third-order valence-electron chi connectivity index (χ3n) is 3.29. The molecule has 0 aromatic heterocycles. The lowest BCUT2D eigenvalue weighted by atomic mass is 10.1. The molecule has 1 heterocycles. The first-order chi connectivity index (χ1) is 8.56. The van der Waals surface area contributed by atoms with E-state index in [9.17, 15) is 4.79 Å². The van der Waals surface area contributed by atoms with Gasteiger partial charge in [-0.3, -0.25) is 0 Å². The van der Waals surface area contributed by atoms with Crippen molar-refractivity contribution in [3.8, 4) is 0 Å². The van der Waals surface area contributed by atoms with Crippen LogP contribution in [0.4, 0.5) is 4.79 Å². The highest BCUT2D eigenvalue weighted by Crippen LogP contribution is 2.21. The minimum atomic E-state index is 0.0159. The third-order valence-corrected chi connectivity index (χ3v) is 3.29. The number of carbonyl (C=O) groups is 1. The molecule has 2 amide bonds. The Morgan fingerprint density at radius 3 is 3.00 bits per heavy atom. The fourth-order valence-corrected chi connectivity index (χ4v) is 2.22. The van der Waals surface area contributed by atoms with E-state index >= 15 is 0 Å². The van der Waals surface area contributed by atoms with Crippen LogP contribution in [-0.4, -0.2) is 30.1 Å². The number of aryl methyl sites for hydroxylation is 1. The molecule has 98 valence electrons. The van der Waals surface area contributed by atoms with Crippen LogP contribution in [0, 0.1) is 6.92 Å². The Morgan fingerprint density at radius 1 is 1.56 bits per heavy atom. The largest absolute Gasteiger partial charge is 0.329 e. The zero-order valence-corrected chi connectivity index (χ0v) is 11.0. The Kier molecular flexibility index (Phi) is 3.87. The van der Waals surface area contributed by atoms with Gasteiger partial charge in [-0.2, -0.15) is 0 Å². The second kappa shape index (κ2) is 5.40. The maximum absolute atomic E-state index is 11.8. The molecule has 1 fully saturated rings. The fraction of sp³-hybridized carbons (Fsp3) is 0.500. The van der Waals surface area contributed by atoms with E-state index in [1.807, 2.05) is 17.9 Å². The molecule has 2 unspecified atom stereocenters. The van der Waals surface area contributed by atoms with Gasteiger partial charge in [0.1, 0.15) is 0 Å². The van der Waals surface area contributed by atoms with Crippen LogP contribution in [-0.2, 0) is 0 Å². The van der Waals surface area contributed by atoms with Crippen LogP contribution in [0.5, 0.6) is 0 Å². The summed E-state index contributed by atoms with van der Waals surface area (Å²) in [5.74, 6) is 0. The maximum Gasteiger partial charge on any atom is 0.318 e. The summed E-state index contributed by atoms with van der Waals surface area (Å²) in [5.41, 5.74) is 8.11. The fourth-order valence-electron chi connectivity index (χ4n) is 2.22. The van der Waals surface area contributed by atoms with Gasteiger partial charge < -0.3 is 16.0 Å². The average molecular weight is 247 g/mol. The van der Waals surface area contributed by atoms with E-state index in [4.69, 9.17) is 5.73 Å². The van der Waals surface area contributed by atoms with Crippen molar-refractivity contribution >= 4 is 6.03 Å². The molecule has 0 aliphatic carbocycles. The van der Waals surface area contributed by atoms with Crippen LogP contribution in [0.3, 0.4) is 0 Å². The van der Waals surface area contributed by atoms with Gasteiger partial charge in [0.25, 0.3) is 0 Å². The van der Waals surface area contributed by atoms with Gasteiger partial charge in [-0.25, -0.2) is 4.79 Å². The second-order valence-electron chi connectivity index (χ2n) is 5.13. The highest BCUT2D eigenvalue weighted by atomic mass is 16.2. The molecule has 18 heavy (non-hydrogen) atoms. The van der Waals surface area contributed by atoms with Gasteiger partial charge >= 0.3 is 6.03 Å². The Balaban J connectivity index is 2.00. The summed E-state index contributed by atoms with van der Waals surface area (Å²) in [6.45, 7) is 5.49. The highest BCUT2D eigenvalue weighted by Gasteiger charge is 2.29. The number of carbonyl (C=O) groups excluding carboxylic acids is 1. The number of rotatable bonds is 4. The lowest BCUT2D eigenvalue weighted by Gasteiger charge is -2.16. The third kappa shape index (κ3) is 3.01. The zero-order valence-electron chi connectivity index (χ0n) is 11.0. The predicted molar refractivity (Wildman–Crippen MR) is 72.3 cm³/mol. The number of urea groups is 1. The van der Waals surface area contributed by atoms with Crippen molar-refractivity contribution in [3.05, 3.63) is 35.4 Å². The van der Waals surface area contributed by atoms with Gasteiger partial charge in [0.2, 0.25) is 0 Å². The van der Waals surface area contributed by atoms with Crippen molar-refractivity contribution < 1.29 is 4.79 Å². The van der Waals surface area contributed by atoms with Gasteiger partial charge in [0.15, 0.2) is 0 Å². The molecule has 3 N–H and O–H groups in total. The van der Waals surface area contributed by atoms with E-state index in [1.54, 1.807) is 0 Å². The topological polar surface area (TPSA) is 58.4 Å². The smallest absolute Gasteiger partial charge is 0.318 e. The summed E-state index contributed by atoms with van der Waals surface area (Å²) in [6, 6.07) is 8.53. The Bertz CT molecular complexity index is 431. The molecule has 0 radical (unpaired) electrons. The number of nitrogens with two attached hydrogens (primary N) is 1. The number of amides is 2. The predicted octanol–water partition coefficient (Wildman–Crippen LogP) is 1.80. The van der Waals surface area contributed by atoms with Crippen molar-refractivity contribution in [3.63, 3.8) is 0 Å². The monoisotopic (exact) mass is 247 g/mol. The minimum Gasteiger partial charge on any atom is -0.329 e. The molecule has 1 aromatic carbocycles. The van der Waals surface area contributed by atoms with Crippen molar-refractivity contribution in [1.29, 1.82) is 0 Å². The summed E-state index contributed by atoms with van der Waals surface area (Å²) >= 11 is 0. The van der Waals surface area contributed by atoms with Crippen LogP contribution < -0.4 is 11.1 Å². The van der Waals surface area contributed by atoms with Crippen LogP contribution in [0.15, 0.2) is 24.3 Å². The zero-order chi connectivity index (χ0) is 13.1.